The third kappa shape index (κ3) is 4.62. The predicted molar refractivity (Wildman–Crippen MR) is 86.3 cm³/mol. The second-order valence-corrected chi connectivity index (χ2v) is 6.48. The van der Waals surface area contributed by atoms with Crippen LogP contribution in [0.3, 0.4) is 0 Å². The molecule has 22 heavy (non-hydrogen) atoms. The fourth-order valence-corrected chi connectivity index (χ4v) is 3.13. The SMILES string of the molecule is C[C@@H]1CCCC[C@H]1NC(=O)COC(=O)c1ccc(Cl)cc1Cl. The molecule has 2 atom stereocenters. The van der Waals surface area contributed by atoms with Crippen molar-refractivity contribution in [2.45, 2.75) is 38.6 Å². The van der Waals surface area contributed by atoms with Crippen LogP contribution in [-0.2, 0) is 9.53 Å². The van der Waals surface area contributed by atoms with Gasteiger partial charge in [-0.25, -0.2) is 4.79 Å². The van der Waals surface area contributed by atoms with Crippen LogP contribution in [0.2, 0.25) is 10.0 Å². The third-order valence-corrected chi connectivity index (χ3v) is 4.49. The number of esters is 1. The zero-order valence-electron chi connectivity index (χ0n) is 12.4. The van der Waals surface area contributed by atoms with Gasteiger partial charge in [-0.05, 0) is 37.0 Å². The summed E-state index contributed by atoms with van der Waals surface area (Å²) in [5.41, 5.74) is 0.199. The Morgan fingerprint density at radius 2 is 2.00 bits per heavy atom. The second-order valence-electron chi connectivity index (χ2n) is 5.64. The summed E-state index contributed by atoms with van der Waals surface area (Å²) < 4.78 is 5.01. The van der Waals surface area contributed by atoms with E-state index in [0.717, 1.165) is 19.3 Å². The van der Waals surface area contributed by atoms with Gasteiger partial charge in [0.1, 0.15) is 0 Å². The molecule has 1 aromatic carbocycles. The van der Waals surface area contributed by atoms with E-state index >= 15 is 0 Å². The standard InChI is InChI=1S/C16H19Cl2NO3/c1-10-4-2-3-5-14(10)19-15(20)9-22-16(21)12-7-6-11(17)8-13(12)18/h6-8,10,14H,2-5,9H2,1H3,(H,19,20)/t10-,14-/m1/s1. The highest BCUT2D eigenvalue weighted by Crippen LogP contribution is 2.24. The van der Waals surface area contributed by atoms with Crippen LogP contribution in [0.15, 0.2) is 18.2 Å². The molecule has 0 unspecified atom stereocenters. The lowest BCUT2D eigenvalue weighted by atomic mass is 9.86. The zero-order chi connectivity index (χ0) is 16.1. The number of carbonyl (C=O) groups is 2. The van der Waals surface area contributed by atoms with Crippen LogP contribution in [0.25, 0.3) is 0 Å². The molecule has 0 spiro atoms. The summed E-state index contributed by atoms with van der Waals surface area (Å²) in [5, 5.41) is 3.57. The molecule has 6 heteroatoms. The Bertz CT molecular complexity index is 562. The molecule has 0 radical (unpaired) electrons. The minimum Gasteiger partial charge on any atom is -0.452 e. The van der Waals surface area contributed by atoms with Crippen LogP contribution in [0.5, 0.6) is 0 Å². The fraction of sp³-hybridized carbons (Fsp3) is 0.500. The van der Waals surface area contributed by atoms with Crippen LogP contribution in [0.4, 0.5) is 0 Å². The van der Waals surface area contributed by atoms with E-state index in [1.807, 2.05) is 0 Å². The van der Waals surface area contributed by atoms with E-state index in [9.17, 15) is 9.59 Å². The van der Waals surface area contributed by atoms with Crippen molar-refractivity contribution in [3.8, 4) is 0 Å². The number of hydrogen-bond donors (Lipinski definition) is 1. The van der Waals surface area contributed by atoms with Gasteiger partial charge in [0.2, 0.25) is 0 Å². The maximum absolute atomic E-state index is 11.9. The van der Waals surface area contributed by atoms with Gasteiger partial charge in [-0.1, -0.05) is 43.0 Å². The van der Waals surface area contributed by atoms with Crippen LogP contribution >= 0.6 is 23.2 Å². The van der Waals surface area contributed by atoms with Crippen molar-refractivity contribution in [2.75, 3.05) is 6.61 Å². The molecule has 1 saturated carbocycles. The highest BCUT2D eigenvalue weighted by molar-refractivity contribution is 6.36. The van der Waals surface area contributed by atoms with Crippen molar-refractivity contribution in [1.29, 1.82) is 0 Å². The van der Waals surface area contributed by atoms with Crippen molar-refractivity contribution >= 4 is 35.1 Å². The first kappa shape index (κ1) is 17.1. The monoisotopic (exact) mass is 343 g/mol. The van der Waals surface area contributed by atoms with Crippen molar-refractivity contribution < 1.29 is 14.3 Å². The van der Waals surface area contributed by atoms with E-state index in [-0.39, 0.29) is 29.1 Å². The van der Waals surface area contributed by atoms with Crippen LogP contribution in [-0.4, -0.2) is 24.5 Å². The van der Waals surface area contributed by atoms with Crippen molar-refractivity contribution in [3.05, 3.63) is 33.8 Å². The Morgan fingerprint density at radius 1 is 1.27 bits per heavy atom. The van der Waals surface area contributed by atoms with Crippen LogP contribution in [0.1, 0.15) is 43.0 Å². The minimum absolute atomic E-state index is 0.166. The van der Waals surface area contributed by atoms with Gasteiger partial charge in [-0.2, -0.15) is 0 Å². The van der Waals surface area contributed by atoms with Crippen molar-refractivity contribution in [1.82, 2.24) is 5.32 Å². The average Bonchev–Trinajstić information content (AvgIpc) is 2.47. The summed E-state index contributed by atoms with van der Waals surface area (Å²) in [7, 11) is 0. The van der Waals surface area contributed by atoms with Gasteiger partial charge >= 0.3 is 5.97 Å². The quantitative estimate of drug-likeness (QED) is 0.845. The highest BCUT2D eigenvalue weighted by atomic mass is 35.5. The minimum atomic E-state index is -0.631. The number of nitrogens with one attached hydrogen (secondary N) is 1. The maximum Gasteiger partial charge on any atom is 0.340 e. The summed E-state index contributed by atoms with van der Waals surface area (Å²) in [6.45, 7) is 1.82. The first-order valence-corrected chi connectivity index (χ1v) is 8.14. The maximum atomic E-state index is 11.9. The van der Waals surface area contributed by atoms with E-state index in [1.165, 1.54) is 18.6 Å². The van der Waals surface area contributed by atoms with Crippen LogP contribution < -0.4 is 5.32 Å². The Morgan fingerprint density at radius 3 is 2.68 bits per heavy atom. The third-order valence-electron chi connectivity index (χ3n) is 3.94. The number of benzene rings is 1. The number of rotatable bonds is 4. The Hall–Kier alpha value is -1.26. The number of amides is 1. The summed E-state index contributed by atoms with van der Waals surface area (Å²) in [6, 6.07) is 4.66. The van der Waals surface area contributed by atoms with E-state index in [1.54, 1.807) is 6.07 Å². The lowest BCUT2D eigenvalue weighted by Crippen LogP contribution is -2.42. The van der Waals surface area contributed by atoms with E-state index < -0.39 is 5.97 Å². The molecule has 4 nitrogen and oxygen atoms in total. The van der Waals surface area contributed by atoms with Gasteiger partial charge in [-0.3, -0.25) is 4.79 Å². The molecule has 1 aliphatic rings. The van der Waals surface area contributed by atoms with Crippen LogP contribution in [0, 0.1) is 5.92 Å². The Balaban J connectivity index is 1.84. The molecule has 0 saturated heterocycles. The predicted octanol–water partition coefficient (Wildman–Crippen LogP) is 3.85. The normalized spacial score (nSPS) is 21.2. The smallest absolute Gasteiger partial charge is 0.340 e. The molecule has 0 aromatic heterocycles. The number of ether oxygens (including phenoxy) is 1. The highest BCUT2D eigenvalue weighted by Gasteiger charge is 2.23. The molecule has 1 aliphatic carbocycles. The molecular weight excluding hydrogens is 325 g/mol. The molecule has 1 amide bonds. The lowest BCUT2D eigenvalue weighted by molar-refractivity contribution is -0.125. The van der Waals surface area contributed by atoms with Gasteiger partial charge in [0.05, 0.1) is 10.6 Å². The molecular formula is C16H19Cl2NO3. The molecule has 1 N–H and O–H groups in total. The molecule has 0 aliphatic heterocycles. The summed E-state index contributed by atoms with van der Waals surface area (Å²) in [6.07, 6.45) is 4.42. The average molecular weight is 344 g/mol. The summed E-state index contributed by atoms with van der Waals surface area (Å²) in [5.74, 6) is -0.454. The van der Waals surface area contributed by atoms with Crippen molar-refractivity contribution in [2.24, 2.45) is 5.92 Å². The molecule has 1 aromatic rings. The molecule has 120 valence electrons. The van der Waals surface area contributed by atoms with Gasteiger partial charge < -0.3 is 10.1 Å². The molecule has 0 heterocycles. The topological polar surface area (TPSA) is 55.4 Å². The first-order valence-electron chi connectivity index (χ1n) is 7.39. The fourth-order valence-electron chi connectivity index (χ4n) is 2.64. The number of halogens is 2. The second kappa shape index (κ2) is 7.84. The van der Waals surface area contributed by atoms with Gasteiger partial charge in [0, 0.05) is 11.1 Å². The number of hydrogen-bond acceptors (Lipinski definition) is 3. The van der Waals surface area contributed by atoms with E-state index in [4.69, 9.17) is 27.9 Å². The van der Waals surface area contributed by atoms with Gasteiger partial charge in [0.15, 0.2) is 6.61 Å². The van der Waals surface area contributed by atoms with E-state index in [0.29, 0.717) is 10.9 Å². The summed E-state index contributed by atoms with van der Waals surface area (Å²) in [4.78, 5) is 23.8. The van der Waals surface area contributed by atoms with Crippen molar-refractivity contribution in [3.63, 3.8) is 0 Å². The largest absolute Gasteiger partial charge is 0.452 e. The first-order chi connectivity index (χ1) is 10.5. The zero-order valence-corrected chi connectivity index (χ0v) is 13.9. The molecule has 0 bridgehead atoms. The Labute approximate surface area is 140 Å². The van der Waals surface area contributed by atoms with Gasteiger partial charge in [-0.15, -0.1) is 0 Å². The molecule has 2 rings (SSSR count). The molecule has 1 fully saturated rings. The van der Waals surface area contributed by atoms with Gasteiger partial charge in [0.25, 0.3) is 5.91 Å². The Kier molecular flexibility index (Phi) is 6.09. The lowest BCUT2D eigenvalue weighted by Gasteiger charge is -2.29. The van der Waals surface area contributed by atoms with E-state index in [2.05, 4.69) is 12.2 Å². The number of carbonyl (C=O) groups excluding carboxylic acids is 2. The summed E-state index contributed by atoms with van der Waals surface area (Å²) >= 11 is 11.7.